The lowest BCUT2D eigenvalue weighted by Crippen LogP contribution is -1.93. The third-order valence-corrected chi connectivity index (χ3v) is 11.0. The summed E-state index contributed by atoms with van der Waals surface area (Å²) in [6, 6.07) is 69.5. The van der Waals surface area contributed by atoms with E-state index < -0.39 is 0 Å². The van der Waals surface area contributed by atoms with Crippen LogP contribution >= 0.6 is 0 Å². The van der Waals surface area contributed by atoms with Gasteiger partial charge in [0.15, 0.2) is 0 Å². The minimum atomic E-state index is 0.865. The maximum absolute atomic E-state index is 5.23. The van der Waals surface area contributed by atoms with Crippen LogP contribution in [0.3, 0.4) is 0 Å². The van der Waals surface area contributed by atoms with Crippen molar-refractivity contribution in [2.75, 3.05) is 0 Å². The van der Waals surface area contributed by atoms with Crippen LogP contribution in [0.25, 0.3) is 105 Å². The number of hydrogen-bond donors (Lipinski definition) is 0. The zero-order valence-electron chi connectivity index (χ0n) is 29.9. The molecule has 0 bridgehead atoms. The molecule has 9 aromatic carbocycles. The van der Waals surface area contributed by atoms with E-state index in [-0.39, 0.29) is 0 Å². The first kappa shape index (κ1) is 31.2. The monoisotopic (exact) mass is 699 g/mol. The van der Waals surface area contributed by atoms with Gasteiger partial charge in [-0.15, -0.1) is 0 Å². The maximum atomic E-state index is 5.23. The van der Waals surface area contributed by atoms with Crippen molar-refractivity contribution in [1.82, 2.24) is 14.5 Å². The van der Waals surface area contributed by atoms with Crippen molar-refractivity contribution in [1.29, 1.82) is 0 Å². The molecule has 0 radical (unpaired) electrons. The number of fused-ring (bicyclic) bond motifs is 9. The molecule has 0 amide bonds. The lowest BCUT2D eigenvalue weighted by molar-refractivity contribution is 1.18. The summed E-state index contributed by atoms with van der Waals surface area (Å²) in [5, 5.41) is 7.20. The van der Waals surface area contributed by atoms with E-state index in [1.807, 2.05) is 6.20 Å². The molecular weight excluding hydrogens is 667 g/mol. The Hall–Kier alpha value is -7.36. The molecule has 256 valence electrons. The number of para-hydroxylation sites is 2. The number of hydrogen-bond acceptors (Lipinski definition) is 2. The summed E-state index contributed by atoms with van der Waals surface area (Å²) >= 11 is 0. The van der Waals surface area contributed by atoms with E-state index in [9.17, 15) is 0 Å². The van der Waals surface area contributed by atoms with Crippen molar-refractivity contribution >= 4 is 54.4 Å². The van der Waals surface area contributed by atoms with Gasteiger partial charge in [-0.1, -0.05) is 158 Å². The second-order valence-electron chi connectivity index (χ2n) is 14.2. The highest BCUT2D eigenvalue weighted by molar-refractivity contribution is 6.23. The van der Waals surface area contributed by atoms with Crippen molar-refractivity contribution in [2.45, 2.75) is 0 Å². The number of nitrogens with zero attached hydrogens (tertiary/aromatic N) is 3. The van der Waals surface area contributed by atoms with Gasteiger partial charge in [-0.3, -0.25) is 4.98 Å². The molecule has 0 aliphatic carbocycles. The van der Waals surface area contributed by atoms with Crippen molar-refractivity contribution in [3.8, 4) is 50.3 Å². The first-order valence-corrected chi connectivity index (χ1v) is 18.7. The fourth-order valence-corrected chi connectivity index (χ4v) is 8.36. The van der Waals surface area contributed by atoms with Gasteiger partial charge < -0.3 is 4.57 Å². The molecule has 3 heteroatoms. The Balaban J connectivity index is 0.890. The van der Waals surface area contributed by atoms with E-state index in [4.69, 9.17) is 9.97 Å². The minimum absolute atomic E-state index is 0.865. The topological polar surface area (TPSA) is 30.7 Å². The number of aromatic nitrogens is 3. The average Bonchev–Trinajstić information content (AvgIpc) is 3.61. The molecule has 2 aromatic heterocycles. The van der Waals surface area contributed by atoms with Gasteiger partial charge in [-0.25, -0.2) is 4.98 Å². The van der Waals surface area contributed by atoms with E-state index in [1.165, 1.54) is 54.8 Å². The van der Waals surface area contributed by atoms with E-state index in [0.29, 0.717) is 0 Å². The standard InChI is InChI=1S/C52H33N3/c1-3-19-46-42(15-1)43-16-2-4-20-47(43)52-51(46)53-33-48(54-52)40-14-10-13-39(32-40)38-12-9-11-37(31-38)36-25-23-34(24-26-36)35-27-29-41(30-28-35)55-49-21-7-5-17-44(49)45-18-6-8-22-50(45)55/h1-33H. The van der Waals surface area contributed by atoms with E-state index in [0.717, 1.165) is 49.9 Å². The van der Waals surface area contributed by atoms with Crippen LogP contribution in [0, 0.1) is 0 Å². The Bertz CT molecular complexity index is 3160. The van der Waals surface area contributed by atoms with Gasteiger partial charge in [0.05, 0.1) is 34.0 Å². The van der Waals surface area contributed by atoms with Gasteiger partial charge in [-0.2, -0.15) is 0 Å². The van der Waals surface area contributed by atoms with Crippen molar-refractivity contribution in [2.24, 2.45) is 0 Å². The van der Waals surface area contributed by atoms with Crippen LogP contribution in [0.2, 0.25) is 0 Å². The van der Waals surface area contributed by atoms with Crippen LogP contribution in [0.5, 0.6) is 0 Å². The molecule has 11 rings (SSSR count). The Morgan fingerprint density at radius 3 is 1.31 bits per heavy atom. The Morgan fingerprint density at radius 2 is 0.727 bits per heavy atom. The summed E-state index contributed by atoms with van der Waals surface area (Å²) in [5.41, 5.74) is 14.4. The zero-order valence-corrected chi connectivity index (χ0v) is 29.9. The van der Waals surface area contributed by atoms with Crippen LogP contribution < -0.4 is 0 Å². The van der Waals surface area contributed by atoms with E-state index in [2.05, 4.69) is 199 Å². The van der Waals surface area contributed by atoms with Gasteiger partial charge in [0.1, 0.15) is 0 Å². The Kier molecular flexibility index (Phi) is 7.17. The highest BCUT2D eigenvalue weighted by atomic mass is 15.0. The molecule has 2 heterocycles. The number of benzene rings is 9. The van der Waals surface area contributed by atoms with E-state index in [1.54, 1.807) is 0 Å². The van der Waals surface area contributed by atoms with Gasteiger partial charge in [-0.05, 0) is 80.6 Å². The highest BCUT2D eigenvalue weighted by Crippen LogP contribution is 2.36. The lowest BCUT2D eigenvalue weighted by atomic mass is 9.96. The zero-order chi connectivity index (χ0) is 36.3. The smallest absolute Gasteiger partial charge is 0.0979 e. The van der Waals surface area contributed by atoms with Crippen molar-refractivity contribution in [3.63, 3.8) is 0 Å². The Labute approximate surface area is 318 Å². The summed E-state index contributed by atoms with van der Waals surface area (Å²) in [6.45, 7) is 0. The molecule has 0 saturated carbocycles. The first-order valence-electron chi connectivity index (χ1n) is 18.7. The van der Waals surface area contributed by atoms with Gasteiger partial charge >= 0.3 is 0 Å². The molecule has 0 spiro atoms. The first-order chi connectivity index (χ1) is 27.3. The van der Waals surface area contributed by atoms with Crippen LogP contribution in [-0.2, 0) is 0 Å². The fraction of sp³-hybridized carbons (Fsp3) is 0. The Morgan fingerprint density at radius 1 is 0.309 bits per heavy atom. The summed E-state index contributed by atoms with van der Waals surface area (Å²) in [5.74, 6) is 0. The molecule has 0 atom stereocenters. The molecule has 0 fully saturated rings. The van der Waals surface area contributed by atoms with Crippen LogP contribution in [-0.4, -0.2) is 14.5 Å². The summed E-state index contributed by atoms with van der Waals surface area (Å²) in [7, 11) is 0. The molecule has 0 unspecified atom stereocenters. The third-order valence-electron chi connectivity index (χ3n) is 11.0. The molecule has 3 nitrogen and oxygen atoms in total. The SMILES string of the molecule is c1cc(-c2ccc(-c3ccc(-n4c5ccccc5c5ccccc54)cc3)cc2)cc(-c2cccc(-c3cnc4c5ccccc5c5ccccc5c4n3)c2)c1. The van der Waals surface area contributed by atoms with Crippen molar-refractivity contribution < 1.29 is 0 Å². The predicted octanol–water partition coefficient (Wildman–Crippen LogP) is 13.7. The maximum Gasteiger partial charge on any atom is 0.0979 e. The van der Waals surface area contributed by atoms with Gasteiger partial charge in [0.25, 0.3) is 0 Å². The van der Waals surface area contributed by atoms with Gasteiger partial charge in [0, 0.05) is 32.8 Å². The molecule has 55 heavy (non-hydrogen) atoms. The predicted molar refractivity (Wildman–Crippen MR) is 231 cm³/mol. The molecule has 0 saturated heterocycles. The number of rotatable bonds is 5. The summed E-state index contributed by atoms with van der Waals surface area (Å²) in [6.07, 6.45) is 1.92. The minimum Gasteiger partial charge on any atom is -0.309 e. The normalized spacial score (nSPS) is 11.6. The quantitative estimate of drug-likeness (QED) is 0.167. The molecular formula is C52H33N3. The molecule has 0 aliphatic rings. The second-order valence-corrected chi connectivity index (χ2v) is 14.2. The fourth-order valence-electron chi connectivity index (χ4n) is 8.36. The second kappa shape index (κ2) is 12.6. The lowest BCUT2D eigenvalue weighted by Gasteiger charge is -2.11. The summed E-state index contributed by atoms with van der Waals surface area (Å²) in [4.78, 5) is 10.2. The highest BCUT2D eigenvalue weighted by Gasteiger charge is 2.14. The van der Waals surface area contributed by atoms with Crippen LogP contribution in [0.4, 0.5) is 0 Å². The molecule has 0 aliphatic heterocycles. The van der Waals surface area contributed by atoms with Crippen LogP contribution in [0.15, 0.2) is 200 Å². The summed E-state index contributed by atoms with van der Waals surface area (Å²) < 4.78 is 2.36. The van der Waals surface area contributed by atoms with Crippen molar-refractivity contribution in [3.05, 3.63) is 200 Å². The van der Waals surface area contributed by atoms with E-state index >= 15 is 0 Å². The molecule has 11 aromatic rings. The van der Waals surface area contributed by atoms with Gasteiger partial charge in [0.2, 0.25) is 0 Å². The third kappa shape index (κ3) is 5.20. The molecule has 0 N–H and O–H groups in total. The van der Waals surface area contributed by atoms with Crippen LogP contribution in [0.1, 0.15) is 0 Å². The largest absolute Gasteiger partial charge is 0.309 e. The average molecular weight is 700 g/mol.